The topological polar surface area (TPSA) is 62.2 Å². The van der Waals surface area contributed by atoms with Crippen molar-refractivity contribution in [1.82, 2.24) is 14.8 Å². The molecule has 0 aliphatic heterocycles. The molecule has 0 saturated heterocycles. The zero-order valence-electron chi connectivity index (χ0n) is 10.9. The van der Waals surface area contributed by atoms with E-state index in [4.69, 9.17) is 0 Å². The molecule has 0 bridgehead atoms. The SMILES string of the molecule is Cc1ncc(Br)c(Nc2c(C)sc(Br)c2/C=N/NSI)n1. The van der Waals surface area contributed by atoms with E-state index in [1.165, 1.54) is 9.12 Å². The zero-order chi connectivity index (χ0) is 15.4. The summed E-state index contributed by atoms with van der Waals surface area (Å²) in [5.74, 6) is 1.45. The molecule has 0 aliphatic rings. The van der Waals surface area contributed by atoms with E-state index in [9.17, 15) is 0 Å². The Morgan fingerprint density at radius 2 is 2.19 bits per heavy atom. The molecule has 0 amide bonds. The van der Waals surface area contributed by atoms with Crippen molar-refractivity contribution < 1.29 is 0 Å². The normalized spacial score (nSPS) is 11.1. The minimum absolute atomic E-state index is 0.714. The molecular formula is C11H10Br2IN5S2. The van der Waals surface area contributed by atoms with Crippen molar-refractivity contribution in [3.8, 4) is 0 Å². The molecule has 2 heterocycles. The van der Waals surface area contributed by atoms with Crippen LogP contribution in [0.15, 0.2) is 19.6 Å². The van der Waals surface area contributed by atoms with Gasteiger partial charge in [-0.2, -0.15) is 5.10 Å². The number of nitrogens with zero attached hydrogens (tertiary/aromatic N) is 3. The van der Waals surface area contributed by atoms with E-state index in [0.717, 1.165) is 30.2 Å². The fourth-order valence-corrected chi connectivity index (χ4v) is 4.12. The third-order valence-corrected chi connectivity index (χ3v) is 5.63. The molecule has 2 aromatic rings. The van der Waals surface area contributed by atoms with Crippen LogP contribution < -0.4 is 10.1 Å². The molecule has 2 N–H and O–H groups in total. The minimum Gasteiger partial charge on any atom is -0.338 e. The molecule has 0 fully saturated rings. The first-order valence-electron chi connectivity index (χ1n) is 5.63. The average molecular weight is 563 g/mol. The Labute approximate surface area is 159 Å². The quantitative estimate of drug-likeness (QED) is 0.223. The van der Waals surface area contributed by atoms with Crippen molar-refractivity contribution in [3.63, 3.8) is 0 Å². The summed E-state index contributed by atoms with van der Waals surface area (Å²) >= 11 is 10.8. The maximum atomic E-state index is 4.41. The first kappa shape index (κ1) is 17.4. The molecule has 10 heteroatoms. The van der Waals surface area contributed by atoms with Crippen molar-refractivity contribution in [3.05, 3.63) is 30.7 Å². The first-order valence-corrected chi connectivity index (χ1v) is 11.4. The molecule has 0 spiro atoms. The lowest BCUT2D eigenvalue weighted by atomic mass is 10.2. The lowest BCUT2D eigenvalue weighted by Crippen LogP contribution is -2.01. The Morgan fingerprint density at radius 3 is 2.90 bits per heavy atom. The van der Waals surface area contributed by atoms with Gasteiger partial charge in [-0.15, -0.1) is 11.3 Å². The van der Waals surface area contributed by atoms with Gasteiger partial charge in [-0.3, -0.25) is 0 Å². The highest BCUT2D eigenvalue weighted by Crippen LogP contribution is 2.38. The second-order valence-corrected chi connectivity index (χ2v) is 8.94. The van der Waals surface area contributed by atoms with Crippen LogP contribution in [0.4, 0.5) is 11.5 Å². The molecule has 21 heavy (non-hydrogen) atoms. The number of hydrazone groups is 1. The molecule has 5 nitrogen and oxygen atoms in total. The summed E-state index contributed by atoms with van der Waals surface area (Å²) in [6.45, 7) is 3.91. The van der Waals surface area contributed by atoms with E-state index in [1.807, 2.05) is 6.92 Å². The van der Waals surface area contributed by atoms with Gasteiger partial charge in [0.05, 0.1) is 20.2 Å². The van der Waals surface area contributed by atoms with Crippen LogP contribution in [0.5, 0.6) is 0 Å². The molecule has 0 radical (unpaired) electrons. The van der Waals surface area contributed by atoms with Gasteiger partial charge >= 0.3 is 0 Å². The van der Waals surface area contributed by atoms with Crippen LogP contribution in [0.3, 0.4) is 0 Å². The smallest absolute Gasteiger partial charge is 0.148 e. The van der Waals surface area contributed by atoms with Crippen LogP contribution in [0.25, 0.3) is 0 Å². The third kappa shape index (κ3) is 4.53. The number of aromatic nitrogens is 2. The van der Waals surface area contributed by atoms with Crippen LogP contribution in [0.1, 0.15) is 16.3 Å². The standard InChI is InChI=1S/C11H10Br2IN5S2/c1-5-9(7(10(13)20-5)3-16-19-21-14)18-11-8(12)4-15-6(2)17-11/h3-4,19H,1-2H3,(H,15,17,18)/b16-3+. The molecular weight excluding hydrogens is 553 g/mol. The number of aryl methyl sites for hydroxylation is 2. The molecule has 0 atom stereocenters. The monoisotopic (exact) mass is 561 g/mol. The molecule has 0 unspecified atom stereocenters. The van der Waals surface area contributed by atoms with E-state index in [-0.39, 0.29) is 0 Å². The predicted molar refractivity (Wildman–Crippen MR) is 107 cm³/mol. The molecule has 0 aliphatic carbocycles. The Morgan fingerprint density at radius 1 is 1.43 bits per heavy atom. The fourth-order valence-electron chi connectivity index (χ4n) is 1.57. The summed E-state index contributed by atoms with van der Waals surface area (Å²) in [6, 6.07) is 0. The van der Waals surface area contributed by atoms with E-state index < -0.39 is 0 Å². The van der Waals surface area contributed by atoms with Crippen molar-refractivity contribution in [2.45, 2.75) is 13.8 Å². The fraction of sp³-hybridized carbons (Fsp3) is 0.182. The lowest BCUT2D eigenvalue weighted by Gasteiger charge is -2.09. The van der Waals surface area contributed by atoms with Gasteiger partial charge in [0.1, 0.15) is 11.6 Å². The van der Waals surface area contributed by atoms with Crippen LogP contribution in [0, 0.1) is 13.8 Å². The van der Waals surface area contributed by atoms with Crippen LogP contribution in [0.2, 0.25) is 0 Å². The molecule has 112 valence electrons. The minimum atomic E-state index is 0.714. The summed E-state index contributed by atoms with van der Waals surface area (Å²) in [5, 5.41) is 7.50. The second-order valence-electron chi connectivity index (χ2n) is 3.89. The summed E-state index contributed by atoms with van der Waals surface area (Å²) in [5.41, 5.74) is 1.97. The highest BCUT2D eigenvalue weighted by Gasteiger charge is 2.15. The highest BCUT2D eigenvalue weighted by atomic mass is 127. The number of nitrogens with one attached hydrogen (secondary N) is 2. The Kier molecular flexibility index (Phi) is 6.72. The number of thiophene rings is 1. The van der Waals surface area contributed by atoms with Gasteiger partial charge in [-0.05, 0) is 45.7 Å². The van der Waals surface area contributed by atoms with Gasteiger partial charge in [-0.25, -0.2) is 14.8 Å². The summed E-state index contributed by atoms with van der Waals surface area (Å²) in [7, 11) is 1.41. The highest BCUT2D eigenvalue weighted by molar-refractivity contribution is 14.2. The maximum Gasteiger partial charge on any atom is 0.148 e. The van der Waals surface area contributed by atoms with Crippen molar-refractivity contribution >= 4 is 91.2 Å². The van der Waals surface area contributed by atoms with Crippen LogP contribution in [-0.4, -0.2) is 16.2 Å². The summed E-state index contributed by atoms with van der Waals surface area (Å²) < 4.78 is 1.84. The molecule has 0 saturated carbocycles. The number of hydrogen-bond acceptors (Lipinski definition) is 7. The second kappa shape index (κ2) is 8.09. The summed E-state index contributed by atoms with van der Waals surface area (Å²) in [4.78, 5) is 12.5. The molecule has 2 rings (SSSR count). The van der Waals surface area contributed by atoms with E-state index in [2.05, 4.69) is 85.2 Å². The van der Waals surface area contributed by atoms with Gasteiger partial charge in [0.25, 0.3) is 0 Å². The van der Waals surface area contributed by atoms with Gasteiger partial charge in [0.2, 0.25) is 0 Å². The van der Waals surface area contributed by atoms with E-state index >= 15 is 0 Å². The van der Waals surface area contributed by atoms with Crippen LogP contribution in [-0.2, 0) is 0 Å². The van der Waals surface area contributed by atoms with Crippen molar-refractivity contribution in [2.75, 3.05) is 5.32 Å². The van der Waals surface area contributed by atoms with Gasteiger partial charge in [-0.1, -0.05) is 0 Å². The van der Waals surface area contributed by atoms with Gasteiger partial charge in [0.15, 0.2) is 0 Å². The van der Waals surface area contributed by atoms with Crippen molar-refractivity contribution in [2.24, 2.45) is 5.10 Å². The maximum absolute atomic E-state index is 4.41. The molecule has 2 aromatic heterocycles. The third-order valence-electron chi connectivity index (χ3n) is 2.46. The number of rotatable bonds is 5. The van der Waals surface area contributed by atoms with Crippen molar-refractivity contribution in [1.29, 1.82) is 0 Å². The Hall–Kier alpha value is 0.0900. The number of anilines is 2. The number of halogens is 3. The number of hydrogen-bond donors (Lipinski definition) is 2. The van der Waals surface area contributed by atoms with Gasteiger partial charge < -0.3 is 5.32 Å². The molecule has 0 aromatic carbocycles. The largest absolute Gasteiger partial charge is 0.338 e. The Balaban J connectivity index is 2.37. The Bertz CT molecular complexity index is 677. The predicted octanol–water partition coefficient (Wildman–Crippen LogP) is 5.35. The average Bonchev–Trinajstić information content (AvgIpc) is 2.70. The first-order chi connectivity index (χ1) is 10.0. The van der Waals surface area contributed by atoms with Gasteiger partial charge in [0, 0.05) is 47.0 Å². The van der Waals surface area contributed by atoms with E-state index in [0.29, 0.717) is 5.82 Å². The lowest BCUT2D eigenvalue weighted by molar-refractivity contribution is 1.05. The van der Waals surface area contributed by atoms with E-state index in [1.54, 1.807) is 23.7 Å². The van der Waals surface area contributed by atoms with Crippen LogP contribution >= 0.6 is 73.5 Å². The zero-order valence-corrected chi connectivity index (χ0v) is 17.9. The summed E-state index contributed by atoms with van der Waals surface area (Å²) in [6.07, 6.45) is 3.52.